The van der Waals surface area contributed by atoms with Gasteiger partial charge in [0.2, 0.25) is 0 Å². The molecule has 0 aromatic rings. The van der Waals surface area contributed by atoms with Crippen LogP contribution in [0.15, 0.2) is 11.6 Å². The van der Waals surface area contributed by atoms with Crippen molar-refractivity contribution < 1.29 is 0 Å². The molecule has 0 rings (SSSR count). The van der Waals surface area contributed by atoms with Gasteiger partial charge in [-0.15, -0.1) is 6.42 Å². The predicted molar refractivity (Wildman–Crippen MR) is 46.7 cm³/mol. The molecule has 56 valence electrons. The van der Waals surface area contributed by atoms with Crippen molar-refractivity contribution in [2.24, 2.45) is 0 Å². The number of rotatable bonds is 4. The van der Waals surface area contributed by atoms with Gasteiger partial charge in [-0.2, -0.15) is 0 Å². The first-order valence-electron chi connectivity index (χ1n) is 3.99. The van der Waals surface area contributed by atoms with Crippen LogP contribution < -0.4 is 0 Å². The first-order chi connectivity index (χ1) is 4.85. The average molecular weight is 136 g/mol. The van der Waals surface area contributed by atoms with Crippen LogP contribution in [0.1, 0.15) is 39.5 Å². The zero-order valence-corrected chi connectivity index (χ0v) is 6.98. The summed E-state index contributed by atoms with van der Waals surface area (Å²) >= 11 is 0. The van der Waals surface area contributed by atoms with E-state index < -0.39 is 0 Å². The molecule has 0 radical (unpaired) electrons. The second kappa shape index (κ2) is 6.42. The van der Waals surface area contributed by atoms with E-state index in [4.69, 9.17) is 6.42 Å². The molecule has 0 aliphatic rings. The van der Waals surface area contributed by atoms with Crippen molar-refractivity contribution in [1.82, 2.24) is 0 Å². The second-order valence-corrected chi connectivity index (χ2v) is 2.43. The van der Waals surface area contributed by atoms with Crippen LogP contribution in [-0.2, 0) is 0 Å². The molecule has 0 aromatic carbocycles. The highest BCUT2D eigenvalue weighted by atomic mass is 14.0. The van der Waals surface area contributed by atoms with Gasteiger partial charge in [-0.1, -0.05) is 31.8 Å². The molecule has 0 amide bonds. The molecule has 0 aromatic heterocycles. The van der Waals surface area contributed by atoms with Crippen LogP contribution >= 0.6 is 0 Å². The normalized spacial score (nSPS) is 11.1. The van der Waals surface area contributed by atoms with Gasteiger partial charge in [0.1, 0.15) is 0 Å². The van der Waals surface area contributed by atoms with Crippen molar-refractivity contribution in [3.63, 3.8) is 0 Å². The van der Waals surface area contributed by atoms with Crippen LogP contribution in [0, 0.1) is 12.3 Å². The summed E-state index contributed by atoms with van der Waals surface area (Å²) in [5, 5.41) is 0. The molecule has 0 unspecified atom stereocenters. The fourth-order valence-corrected chi connectivity index (χ4v) is 0.873. The fourth-order valence-electron chi connectivity index (χ4n) is 0.873. The summed E-state index contributed by atoms with van der Waals surface area (Å²) in [6.45, 7) is 4.35. The summed E-state index contributed by atoms with van der Waals surface area (Å²) in [5.41, 5.74) is 1.41. The Morgan fingerprint density at radius 1 is 1.50 bits per heavy atom. The van der Waals surface area contributed by atoms with E-state index in [2.05, 4.69) is 19.8 Å². The van der Waals surface area contributed by atoms with Crippen LogP contribution in [0.2, 0.25) is 0 Å². The molecule has 0 bridgehead atoms. The summed E-state index contributed by atoms with van der Waals surface area (Å²) in [7, 11) is 0. The largest absolute Gasteiger partial charge is 0.115 e. The lowest BCUT2D eigenvalue weighted by Gasteiger charge is -1.99. The van der Waals surface area contributed by atoms with Crippen molar-refractivity contribution >= 4 is 0 Å². The Kier molecular flexibility index (Phi) is 5.97. The van der Waals surface area contributed by atoms with Crippen molar-refractivity contribution in [3.05, 3.63) is 11.6 Å². The fraction of sp³-hybridized carbons (Fsp3) is 0.600. The summed E-state index contributed by atoms with van der Waals surface area (Å²) in [6.07, 6.45) is 11.8. The van der Waals surface area contributed by atoms with Crippen molar-refractivity contribution in [3.8, 4) is 12.3 Å². The van der Waals surface area contributed by atoms with Crippen molar-refractivity contribution in [2.45, 2.75) is 39.5 Å². The van der Waals surface area contributed by atoms with E-state index in [1.165, 1.54) is 24.8 Å². The molecule has 0 spiro atoms. The summed E-state index contributed by atoms with van der Waals surface area (Å²) in [5.74, 6) is 2.57. The summed E-state index contributed by atoms with van der Waals surface area (Å²) < 4.78 is 0. The molecule has 0 heteroatoms. The minimum atomic E-state index is 1.10. The molecule has 0 atom stereocenters. The number of hydrogen-bond acceptors (Lipinski definition) is 0. The molecule has 0 saturated carbocycles. The lowest BCUT2D eigenvalue weighted by molar-refractivity contribution is 0.767. The highest BCUT2D eigenvalue weighted by molar-refractivity contribution is 5.16. The van der Waals surface area contributed by atoms with E-state index in [0.717, 1.165) is 6.42 Å². The first-order valence-corrected chi connectivity index (χ1v) is 3.99. The van der Waals surface area contributed by atoms with Gasteiger partial charge < -0.3 is 0 Å². The Morgan fingerprint density at radius 3 is 2.60 bits per heavy atom. The van der Waals surface area contributed by atoms with E-state index >= 15 is 0 Å². The van der Waals surface area contributed by atoms with Gasteiger partial charge in [0.15, 0.2) is 0 Å². The van der Waals surface area contributed by atoms with Gasteiger partial charge in [0.25, 0.3) is 0 Å². The quantitative estimate of drug-likeness (QED) is 0.521. The third kappa shape index (κ3) is 4.21. The average Bonchev–Trinajstić information content (AvgIpc) is 1.98. The van der Waals surface area contributed by atoms with Crippen LogP contribution in [0.25, 0.3) is 0 Å². The topological polar surface area (TPSA) is 0 Å². The highest BCUT2D eigenvalue weighted by Gasteiger charge is 1.90. The monoisotopic (exact) mass is 136 g/mol. The minimum absolute atomic E-state index is 1.10. The van der Waals surface area contributed by atoms with Crippen LogP contribution in [0.3, 0.4) is 0 Å². The van der Waals surface area contributed by atoms with Gasteiger partial charge in [-0.05, 0) is 25.3 Å². The van der Waals surface area contributed by atoms with Crippen LogP contribution in [-0.4, -0.2) is 0 Å². The van der Waals surface area contributed by atoms with E-state index in [9.17, 15) is 0 Å². The van der Waals surface area contributed by atoms with E-state index in [1.54, 1.807) is 0 Å². The second-order valence-electron chi connectivity index (χ2n) is 2.43. The molecule has 0 saturated heterocycles. The van der Waals surface area contributed by atoms with Gasteiger partial charge in [0.05, 0.1) is 0 Å². The summed E-state index contributed by atoms with van der Waals surface area (Å²) in [4.78, 5) is 0. The molecular weight excluding hydrogens is 120 g/mol. The molecule has 0 aliphatic carbocycles. The molecule has 0 nitrogen and oxygen atoms in total. The SMILES string of the molecule is C#CC=C(CC)CCCC. The van der Waals surface area contributed by atoms with Crippen LogP contribution in [0.4, 0.5) is 0 Å². The Bertz CT molecular complexity index is 135. The maximum atomic E-state index is 5.15. The smallest absolute Gasteiger partial charge is 0.0130 e. The maximum absolute atomic E-state index is 5.15. The lowest BCUT2D eigenvalue weighted by atomic mass is 10.1. The third-order valence-electron chi connectivity index (χ3n) is 1.59. The van der Waals surface area contributed by atoms with Crippen LogP contribution in [0.5, 0.6) is 0 Å². The third-order valence-corrected chi connectivity index (χ3v) is 1.59. The standard InChI is InChI=1S/C10H16/c1-4-7-9-10(6-3)8-5-2/h2,8H,4,6-7,9H2,1,3H3. The molecule has 0 fully saturated rings. The Hall–Kier alpha value is -0.700. The zero-order valence-electron chi connectivity index (χ0n) is 6.98. The maximum Gasteiger partial charge on any atom is -0.0130 e. The number of terminal acetylenes is 1. The lowest BCUT2D eigenvalue weighted by Crippen LogP contribution is -1.80. The highest BCUT2D eigenvalue weighted by Crippen LogP contribution is 2.09. The first kappa shape index (κ1) is 9.30. The molecule has 0 N–H and O–H groups in total. The predicted octanol–water partition coefficient (Wildman–Crippen LogP) is 3.15. The van der Waals surface area contributed by atoms with Gasteiger partial charge >= 0.3 is 0 Å². The number of unbranched alkanes of at least 4 members (excludes halogenated alkanes) is 1. The van der Waals surface area contributed by atoms with Gasteiger partial charge in [0, 0.05) is 0 Å². The molecule has 0 heterocycles. The number of hydrogen-bond donors (Lipinski definition) is 0. The van der Waals surface area contributed by atoms with Crippen molar-refractivity contribution in [1.29, 1.82) is 0 Å². The van der Waals surface area contributed by atoms with E-state index in [1.807, 2.05) is 6.08 Å². The number of allylic oxidation sites excluding steroid dienone is 2. The van der Waals surface area contributed by atoms with E-state index in [0.29, 0.717) is 0 Å². The Labute approximate surface area is 64.3 Å². The van der Waals surface area contributed by atoms with Gasteiger partial charge in [-0.3, -0.25) is 0 Å². The Morgan fingerprint density at radius 2 is 2.20 bits per heavy atom. The Balaban J connectivity index is 3.63. The van der Waals surface area contributed by atoms with Gasteiger partial charge in [-0.25, -0.2) is 0 Å². The minimum Gasteiger partial charge on any atom is -0.115 e. The summed E-state index contributed by atoms with van der Waals surface area (Å²) in [6, 6.07) is 0. The van der Waals surface area contributed by atoms with Crippen molar-refractivity contribution in [2.75, 3.05) is 0 Å². The molecule has 10 heavy (non-hydrogen) atoms. The van der Waals surface area contributed by atoms with E-state index in [-0.39, 0.29) is 0 Å². The zero-order chi connectivity index (χ0) is 7.82. The molecular formula is C10H16. The molecule has 0 aliphatic heterocycles.